The van der Waals surface area contributed by atoms with Crippen LogP contribution in [-0.2, 0) is 10.0 Å². The molecule has 7 heteroatoms. The summed E-state index contributed by atoms with van der Waals surface area (Å²) >= 11 is 0. The summed E-state index contributed by atoms with van der Waals surface area (Å²) in [6, 6.07) is 6.89. The third-order valence-corrected chi connectivity index (χ3v) is 5.40. The molecule has 0 aliphatic rings. The van der Waals surface area contributed by atoms with Gasteiger partial charge in [0.15, 0.2) is 11.6 Å². The number of hydrogen-bond acceptors (Lipinski definition) is 2. The van der Waals surface area contributed by atoms with Gasteiger partial charge in [-0.25, -0.2) is 21.6 Å². The summed E-state index contributed by atoms with van der Waals surface area (Å²) in [5.74, 6) is -2.59. The second kappa shape index (κ2) is 6.10. The number of nitrogens with zero attached hydrogens (tertiary/aromatic N) is 1. The number of sulfonamides is 1. The molecular weight excluding hydrogens is 315 g/mol. The average molecular weight is 329 g/mol. The van der Waals surface area contributed by atoms with Crippen LogP contribution in [0.4, 0.5) is 13.2 Å². The van der Waals surface area contributed by atoms with Crippen molar-refractivity contribution in [2.45, 2.75) is 17.9 Å². The minimum atomic E-state index is -3.88. The summed E-state index contributed by atoms with van der Waals surface area (Å²) in [6.45, 7) is 1.55. The van der Waals surface area contributed by atoms with Gasteiger partial charge in [-0.2, -0.15) is 4.31 Å². The minimum Gasteiger partial charge on any atom is -0.207 e. The van der Waals surface area contributed by atoms with Gasteiger partial charge in [0, 0.05) is 13.1 Å². The molecule has 0 saturated carbocycles. The Morgan fingerprint density at radius 3 is 2.09 bits per heavy atom. The molecule has 1 unspecified atom stereocenters. The van der Waals surface area contributed by atoms with Crippen LogP contribution >= 0.6 is 0 Å². The van der Waals surface area contributed by atoms with E-state index >= 15 is 0 Å². The fourth-order valence-corrected chi connectivity index (χ4v) is 3.31. The highest BCUT2D eigenvalue weighted by atomic mass is 32.2. The van der Waals surface area contributed by atoms with E-state index < -0.39 is 33.5 Å². The van der Waals surface area contributed by atoms with Crippen LogP contribution < -0.4 is 0 Å². The van der Waals surface area contributed by atoms with Crippen molar-refractivity contribution in [2.24, 2.45) is 0 Å². The van der Waals surface area contributed by atoms with Crippen LogP contribution in [0.2, 0.25) is 0 Å². The van der Waals surface area contributed by atoms with E-state index in [4.69, 9.17) is 0 Å². The highest BCUT2D eigenvalue weighted by molar-refractivity contribution is 7.89. The molecule has 118 valence electrons. The van der Waals surface area contributed by atoms with Crippen molar-refractivity contribution in [1.82, 2.24) is 4.31 Å². The molecule has 0 spiro atoms. The number of hydrogen-bond donors (Lipinski definition) is 0. The van der Waals surface area contributed by atoms with Crippen LogP contribution in [0.3, 0.4) is 0 Å². The van der Waals surface area contributed by atoms with E-state index in [1.54, 1.807) is 6.92 Å². The van der Waals surface area contributed by atoms with E-state index in [9.17, 15) is 21.6 Å². The van der Waals surface area contributed by atoms with E-state index in [-0.39, 0.29) is 4.90 Å². The van der Waals surface area contributed by atoms with E-state index in [1.807, 2.05) is 0 Å². The Morgan fingerprint density at radius 2 is 1.55 bits per heavy atom. The molecule has 0 fully saturated rings. The molecular formula is C15H14F3NO2S. The highest BCUT2D eigenvalue weighted by Gasteiger charge is 2.26. The zero-order valence-electron chi connectivity index (χ0n) is 11.9. The van der Waals surface area contributed by atoms with Crippen molar-refractivity contribution in [3.05, 3.63) is 65.5 Å². The average Bonchev–Trinajstić information content (AvgIpc) is 2.49. The molecule has 0 bridgehead atoms. The standard InChI is InChI=1S/C15H14F3NO2S/c1-10(11-3-8-14(17)15(18)9-11)19(2)22(20,21)13-6-4-12(16)5-7-13/h3-10H,1-2H3. The topological polar surface area (TPSA) is 37.4 Å². The molecule has 0 N–H and O–H groups in total. The lowest BCUT2D eigenvalue weighted by molar-refractivity contribution is 0.395. The Kier molecular flexibility index (Phi) is 4.58. The fraction of sp³-hybridized carbons (Fsp3) is 0.200. The van der Waals surface area contributed by atoms with Crippen molar-refractivity contribution in [3.63, 3.8) is 0 Å². The molecule has 2 rings (SSSR count). The third kappa shape index (κ3) is 3.15. The van der Waals surface area contributed by atoms with Crippen molar-refractivity contribution >= 4 is 10.0 Å². The molecule has 0 aromatic heterocycles. The summed E-state index contributed by atoms with van der Waals surface area (Å²) in [7, 11) is -2.55. The maximum absolute atomic E-state index is 13.3. The smallest absolute Gasteiger partial charge is 0.207 e. The molecule has 0 aliphatic heterocycles. The normalized spacial score (nSPS) is 13.4. The summed E-state index contributed by atoms with van der Waals surface area (Å²) in [5, 5.41) is 0. The lowest BCUT2D eigenvalue weighted by Crippen LogP contribution is -2.30. The number of benzene rings is 2. The van der Waals surface area contributed by atoms with Crippen molar-refractivity contribution in [1.29, 1.82) is 0 Å². The number of rotatable bonds is 4. The van der Waals surface area contributed by atoms with E-state index in [2.05, 4.69) is 0 Å². The van der Waals surface area contributed by atoms with Crippen molar-refractivity contribution < 1.29 is 21.6 Å². The van der Waals surface area contributed by atoms with Crippen LogP contribution in [0, 0.1) is 17.5 Å². The van der Waals surface area contributed by atoms with Crippen molar-refractivity contribution in [2.75, 3.05) is 7.05 Å². The van der Waals surface area contributed by atoms with Gasteiger partial charge < -0.3 is 0 Å². The van der Waals surface area contributed by atoms with E-state index in [0.717, 1.165) is 40.7 Å². The summed E-state index contributed by atoms with van der Waals surface area (Å²) in [6.07, 6.45) is 0. The van der Waals surface area contributed by atoms with Gasteiger partial charge >= 0.3 is 0 Å². The Bertz CT molecular complexity index is 776. The first kappa shape index (κ1) is 16.5. The fourth-order valence-electron chi connectivity index (χ4n) is 1.96. The first-order chi connectivity index (χ1) is 10.2. The van der Waals surface area contributed by atoms with Gasteiger partial charge in [0.2, 0.25) is 10.0 Å². The third-order valence-electron chi connectivity index (χ3n) is 3.46. The quantitative estimate of drug-likeness (QED) is 0.861. The molecule has 2 aromatic carbocycles. The monoisotopic (exact) mass is 329 g/mol. The van der Waals surface area contributed by atoms with Crippen molar-refractivity contribution in [3.8, 4) is 0 Å². The van der Waals surface area contributed by atoms with E-state index in [1.165, 1.54) is 13.1 Å². The summed E-state index contributed by atoms with van der Waals surface area (Å²) in [4.78, 5) is -0.0779. The van der Waals surface area contributed by atoms with Crippen LogP contribution in [0.25, 0.3) is 0 Å². The zero-order chi connectivity index (χ0) is 16.5. The Labute approximate surface area is 127 Å². The lowest BCUT2D eigenvalue weighted by Gasteiger charge is -2.24. The molecule has 0 amide bonds. The zero-order valence-corrected chi connectivity index (χ0v) is 12.7. The van der Waals surface area contributed by atoms with Gasteiger partial charge in [0.05, 0.1) is 4.90 Å². The van der Waals surface area contributed by atoms with Gasteiger partial charge in [-0.3, -0.25) is 0 Å². The van der Waals surface area contributed by atoms with Gasteiger partial charge in [-0.1, -0.05) is 6.07 Å². The van der Waals surface area contributed by atoms with Gasteiger partial charge in [0.25, 0.3) is 0 Å². The molecule has 0 saturated heterocycles. The minimum absolute atomic E-state index is 0.0779. The summed E-state index contributed by atoms with van der Waals surface area (Å²) < 4.78 is 65.0. The second-order valence-electron chi connectivity index (χ2n) is 4.82. The lowest BCUT2D eigenvalue weighted by atomic mass is 10.1. The van der Waals surface area contributed by atoms with Gasteiger partial charge in [-0.15, -0.1) is 0 Å². The Hall–Kier alpha value is -1.86. The molecule has 2 aromatic rings. The Morgan fingerprint density at radius 1 is 0.955 bits per heavy atom. The SMILES string of the molecule is CC(c1ccc(F)c(F)c1)N(C)S(=O)(=O)c1ccc(F)cc1. The van der Waals surface area contributed by atoms with E-state index in [0.29, 0.717) is 5.56 Å². The first-order valence-corrected chi connectivity index (χ1v) is 7.86. The number of halogens is 3. The van der Waals surface area contributed by atoms with Crippen LogP contribution in [-0.4, -0.2) is 19.8 Å². The predicted octanol–water partition coefficient (Wildman–Crippen LogP) is 3.49. The van der Waals surface area contributed by atoms with Crippen LogP contribution in [0.15, 0.2) is 47.4 Å². The summed E-state index contributed by atoms with van der Waals surface area (Å²) in [5.41, 5.74) is 0.312. The highest BCUT2D eigenvalue weighted by Crippen LogP contribution is 2.26. The molecule has 0 aliphatic carbocycles. The molecule has 0 radical (unpaired) electrons. The molecule has 0 heterocycles. The largest absolute Gasteiger partial charge is 0.243 e. The van der Waals surface area contributed by atoms with Crippen LogP contribution in [0.5, 0.6) is 0 Å². The van der Waals surface area contributed by atoms with Crippen LogP contribution in [0.1, 0.15) is 18.5 Å². The molecule has 3 nitrogen and oxygen atoms in total. The molecule has 22 heavy (non-hydrogen) atoms. The maximum Gasteiger partial charge on any atom is 0.243 e. The van der Waals surface area contributed by atoms with Gasteiger partial charge in [-0.05, 0) is 48.9 Å². The second-order valence-corrected chi connectivity index (χ2v) is 6.82. The first-order valence-electron chi connectivity index (χ1n) is 6.42. The molecule has 1 atom stereocenters. The van der Waals surface area contributed by atoms with Gasteiger partial charge in [0.1, 0.15) is 5.82 Å². The maximum atomic E-state index is 13.3. The Balaban J connectivity index is 2.34. The predicted molar refractivity (Wildman–Crippen MR) is 76.1 cm³/mol.